The van der Waals surface area contributed by atoms with Crippen LogP contribution in [-0.2, 0) is 16.0 Å². The highest BCUT2D eigenvalue weighted by Crippen LogP contribution is 2.30. The first-order chi connectivity index (χ1) is 10.7. The van der Waals surface area contributed by atoms with Crippen LogP contribution in [0.15, 0.2) is 12.1 Å². The number of esters is 1. The predicted octanol–water partition coefficient (Wildman–Crippen LogP) is 2.99. The van der Waals surface area contributed by atoms with Crippen LogP contribution in [0.25, 0.3) is 0 Å². The van der Waals surface area contributed by atoms with Crippen LogP contribution in [-0.4, -0.2) is 51.4 Å². The Morgan fingerprint density at radius 1 is 1.27 bits per heavy atom. The molecule has 0 bridgehead atoms. The Labute approximate surface area is 137 Å². The highest BCUT2D eigenvalue weighted by atomic mass is 35.5. The van der Waals surface area contributed by atoms with Gasteiger partial charge in [0.25, 0.3) is 0 Å². The Kier molecular flexibility index (Phi) is 8.24. The summed E-state index contributed by atoms with van der Waals surface area (Å²) in [4.78, 5) is 14.0. The van der Waals surface area contributed by atoms with E-state index in [1.807, 2.05) is 19.9 Å². The summed E-state index contributed by atoms with van der Waals surface area (Å²) in [6, 6.07) is 3.39. The molecule has 1 aromatic rings. The first kappa shape index (κ1) is 18.7. The number of carbonyl (C=O) groups is 1. The first-order valence-electron chi connectivity index (χ1n) is 7.40. The summed E-state index contributed by atoms with van der Waals surface area (Å²) < 4.78 is 15.5. The van der Waals surface area contributed by atoms with E-state index in [-0.39, 0.29) is 0 Å². The SMILES string of the molecule is CC.COC(=O)c1cc(Cl)cc(CN2CCOCC2)c1OC. The lowest BCUT2D eigenvalue weighted by molar-refractivity contribution is 0.0338. The maximum atomic E-state index is 11.8. The van der Waals surface area contributed by atoms with Crippen molar-refractivity contribution in [2.45, 2.75) is 20.4 Å². The number of morpholine rings is 1. The van der Waals surface area contributed by atoms with Crippen LogP contribution in [0.4, 0.5) is 0 Å². The predicted molar refractivity (Wildman–Crippen MR) is 86.8 cm³/mol. The number of nitrogens with zero attached hydrogens (tertiary/aromatic N) is 1. The number of benzene rings is 1. The zero-order valence-electron chi connectivity index (χ0n) is 13.6. The molecule has 5 nitrogen and oxygen atoms in total. The summed E-state index contributed by atoms with van der Waals surface area (Å²) in [7, 11) is 2.88. The summed E-state index contributed by atoms with van der Waals surface area (Å²) in [5, 5.41) is 0.495. The Balaban J connectivity index is 0.00000116. The van der Waals surface area contributed by atoms with Crippen molar-refractivity contribution in [2.24, 2.45) is 0 Å². The largest absolute Gasteiger partial charge is 0.496 e. The van der Waals surface area contributed by atoms with Gasteiger partial charge in [-0.15, -0.1) is 0 Å². The van der Waals surface area contributed by atoms with E-state index in [2.05, 4.69) is 4.90 Å². The minimum Gasteiger partial charge on any atom is -0.496 e. The number of halogens is 1. The number of hydrogen-bond donors (Lipinski definition) is 0. The van der Waals surface area contributed by atoms with E-state index < -0.39 is 5.97 Å². The maximum absolute atomic E-state index is 11.8. The van der Waals surface area contributed by atoms with Gasteiger partial charge in [-0.1, -0.05) is 25.4 Å². The quantitative estimate of drug-likeness (QED) is 0.795. The van der Waals surface area contributed by atoms with E-state index in [0.29, 0.717) is 36.1 Å². The molecule has 0 radical (unpaired) electrons. The topological polar surface area (TPSA) is 48.0 Å². The highest BCUT2D eigenvalue weighted by molar-refractivity contribution is 6.31. The molecule has 1 aromatic carbocycles. The maximum Gasteiger partial charge on any atom is 0.341 e. The minimum atomic E-state index is -0.451. The molecule has 124 valence electrons. The molecule has 0 amide bonds. The van der Waals surface area contributed by atoms with Crippen LogP contribution >= 0.6 is 11.6 Å². The van der Waals surface area contributed by atoms with E-state index in [4.69, 9.17) is 25.8 Å². The lowest BCUT2D eigenvalue weighted by Crippen LogP contribution is -2.35. The van der Waals surface area contributed by atoms with Crippen LogP contribution in [0.5, 0.6) is 5.75 Å². The molecule has 0 N–H and O–H groups in total. The molecule has 1 heterocycles. The van der Waals surface area contributed by atoms with E-state index in [1.165, 1.54) is 7.11 Å². The fraction of sp³-hybridized carbons (Fsp3) is 0.562. The van der Waals surface area contributed by atoms with Crippen molar-refractivity contribution in [2.75, 3.05) is 40.5 Å². The summed E-state index contributed by atoms with van der Waals surface area (Å²) in [5.74, 6) is 0.0697. The van der Waals surface area contributed by atoms with Gasteiger partial charge in [0.2, 0.25) is 0 Å². The molecule has 2 rings (SSSR count). The standard InChI is InChI=1S/C14H18ClNO4.C2H6/c1-18-13-10(9-16-3-5-20-6-4-16)7-11(15)8-12(13)14(17)19-2;1-2/h7-8H,3-6,9H2,1-2H3;1-2H3. The molecule has 0 atom stereocenters. The molecule has 1 saturated heterocycles. The Bertz CT molecular complexity index is 487. The van der Waals surface area contributed by atoms with E-state index in [1.54, 1.807) is 13.2 Å². The van der Waals surface area contributed by atoms with Crippen LogP contribution in [0.1, 0.15) is 29.8 Å². The van der Waals surface area contributed by atoms with Crippen molar-refractivity contribution in [1.82, 2.24) is 4.90 Å². The highest BCUT2D eigenvalue weighted by Gasteiger charge is 2.20. The van der Waals surface area contributed by atoms with Crippen LogP contribution in [0, 0.1) is 0 Å². The number of ether oxygens (including phenoxy) is 3. The Morgan fingerprint density at radius 2 is 1.91 bits per heavy atom. The van der Waals surface area contributed by atoms with Crippen molar-refractivity contribution in [1.29, 1.82) is 0 Å². The van der Waals surface area contributed by atoms with Crippen molar-refractivity contribution < 1.29 is 19.0 Å². The number of carbonyl (C=O) groups excluding carboxylic acids is 1. The molecule has 1 aliphatic rings. The third-order valence-electron chi connectivity index (χ3n) is 3.24. The average molecular weight is 330 g/mol. The number of hydrogen-bond acceptors (Lipinski definition) is 5. The van der Waals surface area contributed by atoms with Gasteiger partial charge >= 0.3 is 5.97 Å². The Hall–Kier alpha value is -1.30. The molecule has 22 heavy (non-hydrogen) atoms. The fourth-order valence-electron chi connectivity index (χ4n) is 2.27. The van der Waals surface area contributed by atoms with Crippen molar-refractivity contribution in [3.05, 3.63) is 28.3 Å². The van der Waals surface area contributed by atoms with Crippen molar-refractivity contribution >= 4 is 17.6 Å². The second-order valence-corrected chi connectivity index (χ2v) is 4.96. The van der Waals surface area contributed by atoms with Crippen LogP contribution in [0.3, 0.4) is 0 Å². The van der Waals surface area contributed by atoms with E-state index in [9.17, 15) is 4.79 Å². The van der Waals surface area contributed by atoms with Gasteiger partial charge in [-0.25, -0.2) is 4.79 Å². The van der Waals surface area contributed by atoms with E-state index in [0.717, 1.165) is 18.7 Å². The molecule has 0 aromatic heterocycles. The molecule has 1 aliphatic heterocycles. The molecule has 6 heteroatoms. The van der Waals surface area contributed by atoms with Gasteiger partial charge in [0.05, 0.1) is 27.4 Å². The summed E-state index contributed by atoms with van der Waals surface area (Å²) in [6.07, 6.45) is 0. The van der Waals surface area contributed by atoms with Gasteiger partial charge in [0, 0.05) is 30.2 Å². The lowest BCUT2D eigenvalue weighted by Gasteiger charge is -2.27. The van der Waals surface area contributed by atoms with Gasteiger partial charge in [-0.3, -0.25) is 4.90 Å². The summed E-state index contributed by atoms with van der Waals surface area (Å²) in [6.45, 7) is 7.79. The van der Waals surface area contributed by atoms with Crippen molar-refractivity contribution in [3.8, 4) is 5.75 Å². The fourth-order valence-corrected chi connectivity index (χ4v) is 2.51. The summed E-state index contributed by atoms with van der Waals surface area (Å²) in [5.41, 5.74) is 1.23. The number of methoxy groups -OCH3 is 2. The molecule has 0 aliphatic carbocycles. The molecule has 0 spiro atoms. The monoisotopic (exact) mass is 329 g/mol. The zero-order chi connectivity index (χ0) is 16.5. The van der Waals surface area contributed by atoms with Gasteiger partial charge in [0.1, 0.15) is 11.3 Å². The first-order valence-corrected chi connectivity index (χ1v) is 7.78. The normalized spacial score (nSPS) is 14.8. The van der Waals surface area contributed by atoms with Gasteiger partial charge in [0.15, 0.2) is 0 Å². The Morgan fingerprint density at radius 3 is 2.45 bits per heavy atom. The second-order valence-electron chi connectivity index (χ2n) is 4.53. The second kappa shape index (κ2) is 9.66. The van der Waals surface area contributed by atoms with Gasteiger partial charge in [-0.05, 0) is 12.1 Å². The van der Waals surface area contributed by atoms with Gasteiger partial charge in [-0.2, -0.15) is 0 Å². The molecule has 0 unspecified atom stereocenters. The molecular formula is C16H24ClNO4. The number of rotatable bonds is 4. The van der Waals surface area contributed by atoms with Crippen LogP contribution < -0.4 is 4.74 Å². The smallest absolute Gasteiger partial charge is 0.341 e. The average Bonchev–Trinajstić information content (AvgIpc) is 2.56. The van der Waals surface area contributed by atoms with Crippen molar-refractivity contribution in [3.63, 3.8) is 0 Å². The minimum absolute atomic E-state index is 0.353. The lowest BCUT2D eigenvalue weighted by atomic mass is 10.1. The zero-order valence-corrected chi connectivity index (χ0v) is 14.4. The third-order valence-corrected chi connectivity index (χ3v) is 3.46. The molecular weight excluding hydrogens is 306 g/mol. The molecule has 1 fully saturated rings. The van der Waals surface area contributed by atoms with Gasteiger partial charge < -0.3 is 14.2 Å². The van der Waals surface area contributed by atoms with Crippen LogP contribution in [0.2, 0.25) is 5.02 Å². The summed E-state index contributed by atoms with van der Waals surface area (Å²) >= 11 is 6.09. The van der Waals surface area contributed by atoms with E-state index >= 15 is 0 Å². The molecule has 0 saturated carbocycles. The third kappa shape index (κ3) is 4.87.